The molecule has 0 aromatic heterocycles. The molecule has 0 radical (unpaired) electrons. The standard InChI is InChI=1S/C17H20Cl2N2O3/c18-13-4-3-12(14(19)11-13)10-16(22)20-5-7-21(8-6-20)17(23)15-2-1-9-24-15/h3-4,11,15H,1-2,5-10H2/t15-/m1/s1. The number of ether oxygens (including phenoxy) is 1. The van der Waals surface area contributed by atoms with Crippen molar-refractivity contribution in [3.8, 4) is 0 Å². The second kappa shape index (κ2) is 7.72. The minimum absolute atomic E-state index is 0.0171. The zero-order valence-corrected chi connectivity index (χ0v) is 14.9. The molecule has 1 aromatic carbocycles. The lowest BCUT2D eigenvalue weighted by Crippen LogP contribution is -2.53. The molecule has 0 bridgehead atoms. The van der Waals surface area contributed by atoms with Crippen molar-refractivity contribution in [3.05, 3.63) is 33.8 Å². The first-order valence-corrected chi connectivity index (χ1v) is 8.92. The number of benzene rings is 1. The summed E-state index contributed by atoms with van der Waals surface area (Å²) < 4.78 is 5.45. The number of hydrogen-bond donors (Lipinski definition) is 0. The molecule has 24 heavy (non-hydrogen) atoms. The minimum Gasteiger partial charge on any atom is -0.368 e. The van der Waals surface area contributed by atoms with Gasteiger partial charge in [-0.1, -0.05) is 29.3 Å². The highest BCUT2D eigenvalue weighted by Gasteiger charge is 2.31. The second-order valence-corrected chi connectivity index (χ2v) is 6.96. The number of nitrogens with zero attached hydrogens (tertiary/aromatic N) is 2. The molecule has 2 aliphatic heterocycles. The summed E-state index contributed by atoms with van der Waals surface area (Å²) in [6.07, 6.45) is 1.69. The third-order valence-corrected chi connectivity index (χ3v) is 5.09. The van der Waals surface area contributed by atoms with Crippen LogP contribution in [0.1, 0.15) is 18.4 Å². The summed E-state index contributed by atoms with van der Waals surface area (Å²) in [6, 6.07) is 5.15. The van der Waals surface area contributed by atoms with Crippen molar-refractivity contribution < 1.29 is 14.3 Å². The van der Waals surface area contributed by atoms with E-state index in [1.165, 1.54) is 0 Å². The molecule has 1 aromatic rings. The van der Waals surface area contributed by atoms with Crippen LogP contribution in [-0.4, -0.2) is 60.5 Å². The van der Waals surface area contributed by atoms with Crippen LogP contribution in [-0.2, 0) is 20.7 Å². The SMILES string of the molecule is O=C(Cc1ccc(Cl)cc1Cl)N1CCN(C(=O)[C@H]2CCCO2)CC1. The van der Waals surface area contributed by atoms with Gasteiger partial charge in [0.2, 0.25) is 5.91 Å². The van der Waals surface area contributed by atoms with E-state index in [1.807, 2.05) is 0 Å². The van der Waals surface area contributed by atoms with Crippen LogP contribution < -0.4 is 0 Å². The molecule has 0 unspecified atom stereocenters. The van der Waals surface area contributed by atoms with Crippen molar-refractivity contribution in [2.45, 2.75) is 25.4 Å². The predicted molar refractivity (Wildman–Crippen MR) is 92.3 cm³/mol. The van der Waals surface area contributed by atoms with E-state index in [-0.39, 0.29) is 24.3 Å². The summed E-state index contributed by atoms with van der Waals surface area (Å²) in [5, 5.41) is 1.06. The Kier molecular flexibility index (Phi) is 5.64. The molecule has 130 valence electrons. The molecule has 0 aliphatic carbocycles. The van der Waals surface area contributed by atoms with E-state index in [9.17, 15) is 9.59 Å². The Morgan fingerprint density at radius 3 is 2.46 bits per heavy atom. The van der Waals surface area contributed by atoms with Crippen molar-refractivity contribution in [1.29, 1.82) is 0 Å². The molecule has 7 heteroatoms. The van der Waals surface area contributed by atoms with Gasteiger partial charge in [0.1, 0.15) is 6.10 Å². The fourth-order valence-corrected chi connectivity index (χ4v) is 3.57. The Bertz CT molecular complexity index is 624. The van der Waals surface area contributed by atoms with E-state index in [1.54, 1.807) is 28.0 Å². The van der Waals surface area contributed by atoms with Crippen LogP contribution in [0, 0.1) is 0 Å². The Hall–Kier alpha value is -1.30. The third kappa shape index (κ3) is 4.02. The van der Waals surface area contributed by atoms with Crippen LogP contribution in [0.5, 0.6) is 0 Å². The maximum absolute atomic E-state index is 12.4. The number of piperazine rings is 1. The summed E-state index contributed by atoms with van der Waals surface area (Å²) in [7, 11) is 0. The number of rotatable bonds is 3. The molecule has 0 spiro atoms. The predicted octanol–water partition coefficient (Wildman–Crippen LogP) is 2.39. The number of amides is 2. The molecule has 2 fully saturated rings. The van der Waals surface area contributed by atoms with Gasteiger partial charge in [0, 0.05) is 42.8 Å². The number of carbonyl (C=O) groups is 2. The third-order valence-electron chi connectivity index (χ3n) is 4.51. The lowest BCUT2D eigenvalue weighted by Gasteiger charge is -2.35. The van der Waals surface area contributed by atoms with Gasteiger partial charge in [0.25, 0.3) is 5.91 Å². The van der Waals surface area contributed by atoms with Gasteiger partial charge in [0.15, 0.2) is 0 Å². The van der Waals surface area contributed by atoms with Gasteiger partial charge in [-0.3, -0.25) is 9.59 Å². The molecule has 2 heterocycles. The molecule has 0 saturated carbocycles. The van der Waals surface area contributed by atoms with Gasteiger partial charge in [0.05, 0.1) is 6.42 Å². The average Bonchev–Trinajstić information content (AvgIpc) is 3.11. The quantitative estimate of drug-likeness (QED) is 0.820. The van der Waals surface area contributed by atoms with Crippen molar-refractivity contribution in [1.82, 2.24) is 9.80 Å². The van der Waals surface area contributed by atoms with Gasteiger partial charge in [-0.2, -0.15) is 0 Å². The summed E-state index contributed by atoms with van der Waals surface area (Å²) in [4.78, 5) is 28.3. The Morgan fingerprint density at radius 1 is 1.12 bits per heavy atom. The lowest BCUT2D eigenvalue weighted by atomic mass is 10.1. The zero-order valence-electron chi connectivity index (χ0n) is 13.3. The van der Waals surface area contributed by atoms with Crippen LogP contribution in [0.15, 0.2) is 18.2 Å². The van der Waals surface area contributed by atoms with E-state index < -0.39 is 0 Å². The van der Waals surface area contributed by atoms with Crippen molar-refractivity contribution >= 4 is 35.0 Å². The normalized spacial score (nSPS) is 21.2. The van der Waals surface area contributed by atoms with Crippen LogP contribution in [0.2, 0.25) is 10.0 Å². The maximum atomic E-state index is 12.4. The second-order valence-electron chi connectivity index (χ2n) is 6.12. The van der Waals surface area contributed by atoms with E-state index >= 15 is 0 Å². The summed E-state index contributed by atoms with van der Waals surface area (Å²) in [5.41, 5.74) is 0.768. The Labute approximate surface area is 151 Å². The highest BCUT2D eigenvalue weighted by molar-refractivity contribution is 6.35. The van der Waals surface area contributed by atoms with Crippen LogP contribution >= 0.6 is 23.2 Å². The molecular weight excluding hydrogens is 351 g/mol. The maximum Gasteiger partial charge on any atom is 0.251 e. The van der Waals surface area contributed by atoms with E-state index in [0.29, 0.717) is 42.8 Å². The van der Waals surface area contributed by atoms with Gasteiger partial charge in [-0.25, -0.2) is 0 Å². The van der Waals surface area contributed by atoms with Crippen molar-refractivity contribution in [3.63, 3.8) is 0 Å². The first-order chi connectivity index (χ1) is 11.5. The monoisotopic (exact) mass is 370 g/mol. The van der Waals surface area contributed by atoms with E-state index in [0.717, 1.165) is 18.4 Å². The van der Waals surface area contributed by atoms with Crippen LogP contribution in [0.25, 0.3) is 0 Å². The zero-order chi connectivity index (χ0) is 17.1. The van der Waals surface area contributed by atoms with E-state index in [4.69, 9.17) is 27.9 Å². The smallest absolute Gasteiger partial charge is 0.251 e. The molecular formula is C17H20Cl2N2O3. The van der Waals surface area contributed by atoms with Gasteiger partial charge < -0.3 is 14.5 Å². The largest absolute Gasteiger partial charge is 0.368 e. The van der Waals surface area contributed by atoms with Crippen molar-refractivity contribution in [2.24, 2.45) is 0 Å². The van der Waals surface area contributed by atoms with Crippen molar-refractivity contribution in [2.75, 3.05) is 32.8 Å². The molecule has 2 aliphatic rings. The Morgan fingerprint density at radius 2 is 1.83 bits per heavy atom. The lowest BCUT2D eigenvalue weighted by molar-refractivity contribution is -0.145. The number of hydrogen-bond acceptors (Lipinski definition) is 3. The van der Waals surface area contributed by atoms with E-state index in [2.05, 4.69) is 0 Å². The highest BCUT2D eigenvalue weighted by atomic mass is 35.5. The average molecular weight is 371 g/mol. The number of halogens is 2. The molecule has 1 atom stereocenters. The number of carbonyl (C=O) groups excluding carboxylic acids is 2. The molecule has 0 N–H and O–H groups in total. The van der Waals surface area contributed by atoms with Crippen LogP contribution in [0.4, 0.5) is 0 Å². The summed E-state index contributed by atoms with van der Waals surface area (Å²) in [6.45, 7) is 2.86. The molecule has 3 rings (SSSR count). The fourth-order valence-electron chi connectivity index (χ4n) is 3.09. The molecule has 2 saturated heterocycles. The molecule has 2 amide bonds. The van der Waals surface area contributed by atoms with Gasteiger partial charge in [-0.05, 0) is 30.5 Å². The first kappa shape index (κ1) is 17.5. The van der Waals surface area contributed by atoms with Gasteiger partial charge in [-0.15, -0.1) is 0 Å². The summed E-state index contributed by atoms with van der Waals surface area (Å²) >= 11 is 12.0. The van der Waals surface area contributed by atoms with Gasteiger partial charge >= 0.3 is 0 Å². The Balaban J connectivity index is 1.52. The molecule has 5 nitrogen and oxygen atoms in total. The topological polar surface area (TPSA) is 49.9 Å². The fraction of sp³-hybridized carbons (Fsp3) is 0.529. The first-order valence-electron chi connectivity index (χ1n) is 8.16. The van der Waals surface area contributed by atoms with Crippen LogP contribution in [0.3, 0.4) is 0 Å². The summed E-state index contributed by atoms with van der Waals surface area (Å²) in [5.74, 6) is 0.0729. The minimum atomic E-state index is -0.292. The highest BCUT2D eigenvalue weighted by Crippen LogP contribution is 2.22.